The van der Waals surface area contributed by atoms with Crippen molar-refractivity contribution >= 4 is 5.78 Å². The number of hydrogen-bond donors (Lipinski definition) is 0. The Morgan fingerprint density at radius 1 is 0.567 bits per heavy atom. The summed E-state index contributed by atoms with van der Waals surface area (Å²) in [5, 5.41) is 0. The number of fused-ring (bicyclic) bond motifs is 1. The van der Waals surface area contributed by atoms with Crippen LogP contribution in [0, 0.1) is 0 Å². The molecule has 0 bridgehead atoms. The van der Waals surface area contributed by atoms with Gasteiger partial charge in [-0.05, 0) is 59.2 Å². The lowest BCUT2D eigenvalue weighted by atomic mass is 9.81. The molecule has 0 N–H and O–H groups in total. The number of Topliss-reactive ketones (excluding diaryl/α,β-unsaturated/α-hetero) is 1. The molecule has 0 aromatic heterocycles. The van der Waals surface area contributed by atoms with Gasteiger partial charge in [0.05, 0.1) is 34.4 Å². The summed E-state index contributed by atoms with van der Waals surface area (Å²) in [6, 6.07) is 19.1. The van der Waals surface area contributed by atoms with Crippen LogP contribution >= 0.6 is 0 Å². The molecule has 0 aliphatic heterocycles. The first-order valence-corrected chi connectivity index (χ1v) is 9.68. The lowest BCUT2D eigenvalue weighted by molar-refractivity contribution is 0.0968. The SMILES string of the molecule is COc1ccc([C@@H]2C(=O)c3ccc(OC)cc3[C@H]2c2cc(OC)cc(OC)c2)cc1. The minimum Gasteiger partial charge on any atom is -0.497 e. The van der Waals surface area contributed by atoms with Crippen molar-refractivity contribution in [3.05, 3.63) is 82.9 Å². The van der Waals surface area contributed by atoms with E-state index in [1.165, 1.54) is 0 Å². The molecule has 0 radical (unpaired) electrons. The topological polar surface area (TPSA) is 54.0 Å². The maximum absolute atomic E-state index is 13.5. The molecule has 0 heterocycles. The Balaban J connectivity index is 1.91. The summed E-state index contributed by atoms with van der Waals surface area (Å²) >= 11 is 0. The Bertz CT molecular complexity index is 1050. The second-order valence-electron chi connectivity index (χ2n) is 7.19. The van der Waals surface area contributed by atoms with Gasteiger partial charge >= 0.3 is 0 Å². The third-order valence-corrected chi connectivity index (χ3v) is 5.68. The van der Waals surface area contributed by atoms with E-state index in [9.17, 15) is 4.79 Å². The van der Waals surface area contributed by atoms with Crippen molar-refractivity contribution in [1.82, 2.24) is 0 Å². The van der Waals surface area contributed by atoms with E-state index >= 15 is 0 Å². The van der Waals surface area contributed by atoms with Crippen molar-refractivity contribution in [2.75, 3.05) is 28.4 Å². The molecule has 0 unspecified atom stereocenters. The second-order valence-corrected chi connectivity index (χ2v) is 7.19. The van der Waals surface area contributed by atoms with E-state index in [-0.39, 0.29) is 17.6 Å². The Morgan fingerprint density at radius 3 is 1.70 bits per heavy atom. The molecule has 0 saturated heterocycles. The number of carbonyl (C=O) groups excluding carboxylic acids is 1. The average Bonchev–Trinajstić information content (AvgIpc) is 3.10. The molecule has 5 nitrogen and oxygen atoms in total. The van der Waals surface area contributed by atoms with Crippen LogP contribution in [0.3, 0.4) is 0 Å². The molecule has 3 aromatic rings. The Morgan fingerprint density at radius 2 is 1.13 bits per heavy atom. The first-order chi connectivity index (χ1) is 14.6. The van der Waals surface area contributed by atoms with Gasteiger partial charge in [0.25, 0.3) is 0 Å². The smallest absolute Gasteiger partial charge is 0.171 e. The number of benzene rings is 3. The monoisotopic (exact) mass is 404 g/mol. The number of ketones is 1. The molecule has 0 fully saturated rings. The zero-order valence-corrected chi connectivity index (χ0v) is 17.5. The van der Waals surface area contributed by atoms with Gasteiger partial charge in [-0.15, -0.1) is 0 Å². The molecule has 0 amide bonds. The van der Waals surface area contributed by atoms with Crippen LogP contribution in [0.15, 0.2) is 60.7 Å². The Kier molecular flexibility index (Phi) is 5.36. The van der Waals surface area contributed by atoms with E-state index in [2.05, 4.69) is 0 Å². The number of hydrogen-bond acceptors (Lipinski definition) is 5. The molecule has 1 aliphatic rings. The molecule has 154 valence electrons. The summed E-state index contributed by atoms with van der Waals surface area (Å²) in [6.45, 7) is 0. The van der Waals surface area contributed by atoms with E-state index in [4.69, 9.17) is 18.9 Å². The van der Waals surface area contributed by atoms with Gasteiger partial charge in [0.1, 0.15) is 23.0 Å². The van der Waals surface area contributed by atoms with E-state index in [0.717, 1.165) is 28.2 Å². The third-order valence-electron chi connectivity index (χ3n) is 5.68. The van der Waals surface area contributed by atoms with Gasteiger partial charge in [-0.25, -0.2) is 0 Å². The molecule has 0 spiro atoms. The van der Waals surface area contributed by atoms with Gasteiger partial charge in [-0.3, -0.25) is 4.79 Å². The molecule has 30 heavy (non-hydrogen) atoms. The summed E-state index contributed by atoms with van der Waals surface area (Å²) in [4.78, 5) is 13.5. The summed E-state index contributed by atoms with van der Waals surface area (Å²) in [5.74, 6) is 2.36. The number of carbonyl (C=O) groups is 1. The maximum atomic E-state index is 13.5. The molecule has 5 heteroatoms. The van der Waals surface area contributed by atoms with E-state index in [0.29, 0.717) is 17.1 Å². The van der Waals surface area contributed by atoms with Crippen LogP contribution in [-0.2, 0) is 0 Å². The molecule has 3 aromatic carbocycles. The largest absolute Gasteiger partial charge is 0.497 e. The normalized spacial score (nSPS) is 17.4. The minimum atomic E-state index is -0.366. The second kappa shape index (κ2) is 8.11. The zero-order chi connectivity index (χ0) is 21.3. The van der Waals surface area contributed by atoms with Crippen LogP contribution in [0.1, 0.15) is 38.9 Å². The van der Waals surface area contributed by atoms with Gasteiger partial charge in [0, 0.05) is 17.5 Å². The van der Waals surface area contributed by atoms with Gasteiger partial charge in [0.15, 0.2) is 5.78 Å². The predicted molar refractivity (Wildman–Crippen MR) is 114 cm³/mol. The van der Waals surface area contributed by atoms with Crippen molar-refractivity contribution in [3.8, 4) is 23.0 Å². The highest BCUT2D eigenvalue weighted by Crippen LogP contribution is 2.50. The van der Waals surface area contributed by atoms with Crippen molar-refractivity contribution in [3.63, 3.8) is 0 Å². The molecular formula is C25H24O5. The summed E-state index contributed by atoms with van der Waals surface area (Å²) in [5.41, 5.74) is 3.54. The standard InChI is InChI=1S/C25H24O5/c1-27-17-7-5-15(6-8-17)24-23(16-11-19(29-3)13-20(12-16)30-4)22-14-18(28-2)9-10-21(22)25(24)26/h5-14,23-24H,1-4H3/t23-,24+/m1/s1. The van der Waals surface area contributed by atoms with Crippen molar-refractivity contribution in [2.45, 2.75) is 11.8 Å². The molecule has 4 rings (SSSR count). The summed E-state index contributed by atoms with van der Waals surface area (Å²) in [6.07, 6.45) is 0. The maximum Gasteiger partial charge on any atom is 0.171 e. The average molecular weight is 404 g/mol. The van der Waals surface area contributed by atoms with Crippen LogP contribution in [0.2, 0.25) is 0 Å². The van der Waals surface area contributed by atoms with E-state index in [1.807, 2.05) is 60.7 Å². The Hall–Kier alpha value is -3.47. The lowest BCUT2D eigenvalue weighted by Crippen LogP contribution is -2.13. The fraction of sp³-hybridized carbons (Fsp3) is 0.240. The third kappa shape index (κ3) is 3.36. The van der Waals surface area contributed by atoms with Gasteiger partial charge in [-0.1, -0.05) is 12.1 Å². The fourth-order valence-corrected chi connectivity index (χ4v) is 4.18. The highest BCUT2D eigenvalue weighted by molar-refractivity contribution is 6.07. The zero-order valence-electron chi connectivity index (χ0n) is 17.5. The van der Waals surface area contributed by atoms with Gasteiger partial charge < -0.3 is 18.9 Å². The fourth-order valence-electron chi connectivity index (χ4n) is 4.18. The molecule has 1 aliphatic carbocycles. The van der Waals surface area contributed by atoms with Crippen LogP contribution in [-0.4, -0.2) is 34.2 Å². The van der Waals surface area contributed by atoms with Crippen LogP contribution in [0.25, 0.3) is 0 Å². The number of rotatable bonds is 6. The first-order valence-electron chi connectivity index (χ1n) is 9.68. The van der Waals surface area contributed by atoms with Gasteiger partial charge in [0.2, 0.25) is 0 Å². The number of methoxy groups -OCH3 is 4. The minimum absolute atomic E-state index is 0.0876. The highest BCUT2D eigenvalue weighted by Gasteiger charge is 2.42. The van der Waals surface area contributed by atoms with Crippen LogP contribution in [0.4, 0.5) is 0 Å². The molecule has 2 atom stereocenters. The van der Waals surface area contributed by atoms with E-state index in [1.54, 1.807) is 28.4 Å². The summed E-state index contributed by atoms with van der Waals surface area (Å²) in [7, 11) is 6.50. The Labute approximate surface area is 176 Å². The van der Waals surface area contributed by atoms with Gasteiger partial charge in [-0.2, -0.15) is 0 Å². The number of ether oxygens (including phenoxy) is 4. The summed E-state index contributed by atoms with van der Waals surface area (Å²) < 4.78 is 21.7. The van der Waals surface area contributed by atoms with E-state index < -0.39 is 0 Å². The van der Waals surface area contributed by atoms with Crippen molar-refractivity contribution in [2.24, 2.45) is 0 Å². The lowest BCUT2D eigenvalue weighted by Gasteiger charge is -2.22. The highest BCUT2D eigenvalue weighted by atomic mass is 16.5. The molecular weight excluding hydrogens is 380 g/mol. The molecule has 0 saturated carbocycles. The van der Waals surface area contributed by atoms with Crippen molar-refractivity contribution in [1.29, 1.82) is 0 Å². The van der Waals surface area contributed by atoms with Crippen LogP contribution < -0.4 is 18.9 Å². The predicted octanol–water partition coefficient (Wildman–Crippen LogP) is 4.83. The van der Waals surface area contributed by atoms with Crippen molar-refractivity contribution < 1.29 is 23.7 Å². The van der Waals surface area contributed by atoms with Crippen LogP contribution in [0.5, 0.6) is 23.0 Å². The quantitative estimate of drug-likeness (QED) is 0.589. The first kappa shape index (κ1) is 19.8.